The molecule has 1 heterocycles. The minimum Gasteiger partial charge on any atom is -0.494 e. The van der Waals surface area contributed by atoms with Gasteiger partial charge in [0.25, 0.3) is 0 Å². The molecule has 0 saturated carbocycles. The van der Waals surface area contributed by atoms with Crippen LogP contribution in [0.4, 0.5) is 0 Å². The Balaban J connectivity index is 2.19. The van der Waals surface area contributed by atoms with Crippen LogP contribution in [0.1, 0.15) is 43.6 Å². The lowest BCUT2D eigenvalue weighted by Gasteiger charge is -2.18. The Morgan fingerprint density at radius 1 is 1.30 bits per heavy atom. The summed E-state index contributed by atoms with van der Waals surface area (Å²) in [6.45, 7) is 12.0. The number of Topliss-reactive ketones (excluding diaryl/α,β-unsaturated/α-hetero) is 1. The van der Waals surface area contributed by atoms with Gasteiger partial charge in [0.1, 0.15) is 5.75 Å². The van der Waals surface area contributed by atoms with Crippen LogP contribution in [-0.4, -0.2) is 30.4 Å². The summed E-state index contributed by atoms with van der Waals surface area (Å²) in [7, 11) is 0. The summed E-state index contributed by atoms with van der Waals surface area (Å²) in [6.07, 6.45) is 0. The maximum absolute atomic E-state index is 11.6. The molecule has 2 unspecified atom stereocenters. The van der Waals surface area contributed by atoms with E-state index in [0.29, 0.717) is 6.61 Å². The molecule has 110 valence electrons. The first-order valence-electron chi connectivity index (χ1n) is 7.50. The predicted octanol–water partition coefficient (Wildman–Crippen LogP) is 3.38. The lowest BCUT2D eigenvalue weighted by Crippen LogP contribution is -2.20. The van der Waals surface area contributed by atoms with E-state index in [0.717, 1.165) is 48.3 Å². The Labute approximate surface area is 121 Å². The van der Waals surface area contributed by atoms with E-state index < -0.39 is 0 Å². The van der Waals surface area contributed by atoms with Gasteiger partial charge in [0.05, 0.1) is 6.61 Å². The second-order valence-corrected chi connectivity index (χ2v) is 5.96. The van der Waals surface area contributed by atoms with E-state index in [9.17, 15) is 4.79 Å². The van der Waals surface area contributed by atoms with E-state index in [2.05, 4.69) is 18.7 Å². The molecule has 2 rings (SSSR count). The number of rotatable bonds is 5. The molecule has 3 nitrogen and oxygen atoms in total. The topological polar surface area (TPSA) is 29.5 Å². The highest BCUT2D eigenvalue weighted by Crippen LogP contribution is 2.27. The van der Waals surface area contributed by atoms with E-state index in [-0.39, 0.29) is 5.78 Å². The molecule has 1 aliphatic rings. The number of likely N-dealkylation sites (tertiary alicyclic amines) is 1. The zero-order chi connectivity index (χ0) is 14.7. The molecule has 20 heavy (non-hydrogen) atoms. The fraction of sp³-hybridized carbons (Fsp3) is 0.588. The molecule has 1 saturated heterocycles. The molecule has 0 aromatic heterocycles. The van der Waals surface area contributed by atoms with Crippen LogP contribution in [0.25, 0.3) is 0 Å². The average molecular weight is 275 g/mol. The van der Waals surface area contributed by atoms with Gasteiger partial charge in [-0.25, -0.2) is 0 Å². The van der Waals surface area contributed by atoms with Gasteiger partial charge in [-0.2, -0.15) is 0 Å². The lowest BCUT2D eigenvalue weighted by atomic mass is 10.0. The van der Waals surface area contributed by atoms with Gasteiger partial charge in [-0.05, 0) is 43.9 Å². The zero-order valence-electron chi connectivity index (χ0n) is 13.0. The molecular formula is C17H25NO2. The summed E-state index contributed by atoms with van der Waals surface area (Å²) in [4.78, 5) is 14.0. The number of ether oxygens (including phenoxy) is 1. The lowest BCUT2D eigenvalue weighted by molar-refractivity contribution is 0.101. The molecule has 0 N–H and O–H groups in total. The van der Waals surface area contributed by atoms with Crippen molar-refractivity contribution in [2.45, 2.75) is 34.2 Å². The Morgan fingerprint density at radius 2 is 1.95 bits per heavy atom. The first-order chi connectivity index (χ1) is 9.51. The number of benzene rings is 1. The maximum atomic E-state index is 11.6. The fourth-order valence-electron chi connectivity index (χ4n) is 2.84. The van der Waals surface area contributed by atoms with Gasteiger partial charge in [-0.15, -0.1) is 0 Å². The first kappa shape index (κ1) is 15.0. The van der Waals surface area contributed by atoms with E-state index in [1.54, 1.807) is 6.92 Å². The molecule has 0 aliphatic carbocycles. The Morgan fingerprint density at radius 3 is 2.50 bits per heavy atom. The molecule has 1 aromatic rings. The van der Waals surface area contributed by atoms with Crippen LogP contribution >= 0.6 is 0 Å². The van der Waals surface area contributed by atoms with Crippen molar-refractivity contribution in [1.29, 1.82) is 0 Å². The molecular weight excluding hydrogens is 250 g/mol. The second-order valence-electron chi connectivity index (χ2n) is 5.96. The third-order valence-electron chi connectivity index (χ3n) is 4.22. The van der Waals surface area contributed by atoms with Crippen LogP contribution in [0.3, 0.4) is 0 Å². The number of carbonyl (C=O) groups is 1. The van der Waals surface area contributed by atoms with Crippen molar-refractivity contribution in [3.05, 3.63) is 29.3 Å². The van der Waals surface area contributed by atoms with Crippen LogP contribution in [0, 0.1) is 11.8 Å². The second kappa shape index (κ2) is 6.40. The summed E-state index contributed by atoms with van der Waals surface area (Å²) in [5.41, 5.74) is 1.89. The Hall–Kier alpha value is -1.35. The van der Waals surface area contributed by atoms with Gasteiger partial charge in [-0.3, -0.25) is 9.69 Å². The predicted molar refractivity (Wildman–Crippen MR) is 81.2 cm³/mol. The highest BCUT2D eigenvalue weighted by molar-refractivity contribution is 5.94. The minimum atomic E-state index is 0.109. The van der Waals surface area contributed by atoms with Crippen molar-refractivity contribution >= 4 is 5.78 Å². The van der Waals surface area contributed by atoms with Crippen LogP contribution in [0.5, 0.6) is 5.75 Å². The quantitative estimate of drug-likeness (QED) is 0.772. The van der Waals surface area contributed by atoms with Crippen LogP contribution in [-0.2, 0) is 6.54 Å². The van der Waals surface area contributed by atoms with Gasteiger partial charge in [0.2, 0.25) is 0 Å². The smallest absolute Gasteiger partial charge is 0.159 e. The fourth-order valence-corrected chi connectivity index (χ4v) is 2.84. The largest absolute Gasteiger partial charge is 0.494 e. The summed E-state index contributed by atoms with van der Waals surface area (Å²) in [5.74, 6) is 2.49. The summed E-state index contributed by atoms with van der Waals surface area (Å²) >= 11 is 0. The number of carbonyl (C=O) groups excluding carboxylic acids is 1. The normalized spacial score (nSPS) is 23.0. The van der Waals surface area contributed by atoms with E-state index in [1.165, 1.54) is 0 Å². The zero-order valence-corrected chi connectivity index (χ0v) is 13.0. The maximum Gasteiger partial charge on any atom is 0.159 e. The van der Waals surface area contributed by atoms with Gasteiger partial charge in [0, 0.05) is 30.8 Å². The van der Waals surface area contributed by atoms with Crippen molar-refractivity contribution in [2.24, 2.45) is 11.8 Å². The molecule has 1 aliphatic heterocycles. The SMILES string of the molecule is CCOc1ccc(C(C)=O)cc1CN1CC(C)C(C)C1. The van der Waals surface area contributed by atoms with Gasteiger partial charge < -0.3 is 4.74 Å². The van der Waals surface area contributed by atoms with Gasteiger partial charge in [-0.1, -0.05) is 13.8 Å². The number of hydrogen-bond donors (Lipinski definition) is 0. The van der Waals surface area contributed by atoms with Gasteiger partial charge >= 0.3 is 0 Å². The van der Waals surface area contributed by atoms with Crippen molar-refractivity contribution in [2.75, 3.05) is 19.7 Å². The summed E-state index contributed by atoms with van der Waals surface area (Å²) in [6, 6.07) is 5.77. The van der Waals surface area contributed by atoms with Crippen LogP contribution in [0.15, 0.2) is 18.2 Å². The molecule has 3 heteroatoms. The van der Waals surface area contributed by atoms with E-state index in [4.69, 9.17) is 4.74 Å². The van der Waals surface area contributed by atoms with Crippen LogP contribution < -0.4 is 4.74 Å². The monoisotopic (exact) mass is 275 g/mol. The van der Waals surface area contributed by atoms with Crippen molar-refractivity contribution in [3.8, 4) is 5.75 Å². The van der Waals surface area contributed by atoms with Crippen molar-refractivity contribution in [1.82, 2.24) is 4.90 Å². The number of ketones is 1. The van der Waals surface area contributed by atoms with Crippen LogP contribution in [0.2, 0.25) is 0 Å². The first-order valence-corrected chi connectivity index (χ1v) is 7.50. The Kier molecular flexibility index (Phi) is 4.81. The molecule has 2 atom stereocenters. The van der Waals surface area contributed by atoms with Crippen molar-refractivity contribution < 1.29 is 9.53 Å². The molecule has 0 spiro atoms. The Bertz CT molecular complexity index is 474. The number of nitrogens with zero attached hydrogens (tertiary/aromatic N) is 1. The summed E-state index contributed by atoms with van der Waals surface area (Å²) < 4.78 is 5.70. The molecule has 0 radical (unpaired) electrons. The average Bonchev–Trinajstić information content (AvgIpc) is 2.70. The van der Waals surface area contributed by atoms with Crippen molar-refractivity contribution in [3.63, 3.8) is 0 Å². The van der Waals surface area contributed by atoms with E-state index in [1.807, 2.05) is 25.1 Å². The number of hydrogen-bond acceptors (Lipinski definition) is 3. The van der Waals surface area contributed by atoms with E-state index >= 15 is 0 Å². The summed E-state index contributed by atoms with van der Waals surface area (Å²) in [5, 5.41) is 0. The molecule has 1 aromatic carbocycles. The highest BCUT2D eigenvalue weighted by Gasteiger charge is 2.26. The minimum absolute atomic E-state index is 0.109. The highest BCUT2D eigenvalue weighted by atomic mass is 16.5. The standard InChI is InChI=1S/C17H25NO2/c1-5-20-17-7-6-15(14(4)19)8-16(17)11-18-9-12(2)13(3)10-18/h6-8,12-13H,5,9-11H2,1-4H3. The third kappa shape index (κ3) is 3.40. The molecule has 1 fully saturated rings. The third-order valence-corrected chi connectivity index (χ3v) is 4.22. The molecule has 0 bridgehead atoms. The van der Waals surface area contributed by atoms with Gasteiger partial charge in [0.15, 0.2) is 5.78 Å². The molecule has 0 amide bonds.